The molecule has 1 aromatic carbocycles. The molecule has 80 valence electrons. The van der Waals surface area contributed by atoms with E-state index in [2.05, 4.69) is 0 Å². The lowest BCUT2D eigenvalue weighted by atomic mass is 9.96. The quantitative estimate of drug-likeness (QED) is 0.610. The van der Waals surface area contributed by atoms with Gasteiger partial charge in [0.05, 0.1) is 10.8 Å². The average molecular weight is 209 g/mol. The Kier molecular flexibility index (Phi) is 3.04. The van der Waals surface area contributed by atoms with Crippen molar-refractivity contribution in [1.29, 1.82) is 0 Å². The Hall–Kier alpha value is -1.91. The number of carboxylic acid groups (broad SMARTS) is 1. The normalized spacial score (nSPS) is 12.1. The Morgan fingerprint density at radius 3 is 2.60 bits per heavy atom. The fourth-order valence-corrected chi connectivity index (χ4v) is 1.34. The van der Waals surface area contributed by atoms with Crippen molar-refractivity contribution in [3.05, 3.63) is 39.4 Å². The van der Waals surface area contributed by atoms with Crippen molar-refractivity contribution in [2.75, 3.05) is 0 Å². The van der Waals surface area contributed by atoms with Crippen LogP contribution in [0, 0.1) is 17.0 Å². The molecule has 1 rings (SSSR count). The number of non-ortho nitro benzene ring substituents is 1. The highest BCUT2D eigenvalue weighted by Crippen LogP contribution is 2.24. The second-order valence-corrected chi connectivity index (χ2v) is 3.36. The third-order valence-corrected chi connectivity index (χ3v) is 2.31. The first-order chi connectivity index (χ1) is 6.93. The molecule has 0 radical (unpaired) electrons. The van der Waals surface area contributed by atoms with Crippen molar-refractivity contribution in [1.82, 2.24) is 0 Å². The Bertz CT molecular complexity index is 414. The fourth-order valence-electron chi connectivity index (χ4n) is 1.34. The van der Waals surface area contributed by atoms with Crippen LogP contribution in [-0.2, 0) is 4.79 Å². The molecule has 5 heteroatoms. The number of hydrogen-bond donors (Lipinski definition) is 1. The molecule has 5 nitrogen and oxygen atoms in total. The summed E-state index contributed by atoms with van der Waals surface area (Å²) in [6.45, 7) is 3.24. The predicted octanol–water partition coefficient (Wildman–Crippen LogP) is 2.09. The van der Waals surface area contributed by atoms with Crippen molar-refractivity contribution in [3.8, 4) is 0 Å². The minimum Gasteiger partial charge on any atom is -0.481 e. The van der Waals surface area contributed by atoms with Crippen LogP contribution in [-0.4, -0.2) is 16.0 Å². The first kappa shape index (κ1) is 11.2. The molecule has 1 aromatic rings. The predicted molar refractivity (Wildman–Crippen MR) is 53.9 cm³/mol. The van der Waals surface area contributed by atoms with Gasteiger partial charge in [0.15, 0.2) is 0 Å². The Morgan fingerprint density at radius 2 is 2.13 bits per heavy atom. The van der Waals surface area contributed by atoms with Crippen LogP contribution in [0.1, 0.15) is 24.0 Å². The number of nitrogens with zero attached hydrogens (tertiary/aromatic N) is 1. The van der Waals surface area contributed by atoms with E-state index in [0.29, 0.717) is 5.56 Å². The van der Waals surface area contributed by atoms with E-state index in [0.717, 1.165) is 5.56 Å². The molecule has 0 aliphatic rings. The van der Waals surface area contributed by atoms with E-state index in [1.165, 1.54) is 19.1 Å². The number of aryl methyl sites for hydroxylation is 1. The maximum atomic E-state index is 10.8. The van der Waals surface area contributed by atoms with Crippen molar-refractivity contribution in [2.24, 2.45) is 0 Å². The summed E-state index contributed by atoms with van der Waals surface area (Å²) in [5, 5.41) is 19.3. The topological polar surface area (TPSA) is 80.4 Å². The number of hydrogen-bond acceptors (Lipinski definition) is 3. The van der Waals surface area contributed by atoms with Gasteiger partial charge in [-0.05, 0) is 25.0 Å². The molecule has 0 bridgehead atoms. The van der Waals surface area contributed by atoms with Crippen LogP contribution < -0.4 is 0 Å². The molecule has 0 aliphatic carbocycles. The number of aliphatic carboxylic acids is 1. The molecule has 1 unspecified atom stereocenters. The van der Waals surface area contributed by atoms with Crippen LogP contribution in [0.15, 0.2) is 18.2 Å². The van der Waals surface area contributed by atoms with Gasteiger partial charge >= 0.3 is 5.97 Å². The minimum absolute atomic E-state index is 0.0799. The Labute approximate surface area is 86.5 Å². The standard InChI is InChI=1S/C10H11NO4/c1-6-3-4-8(11(14)15)5-9(6)7(2)10(12)13/h3-5,7H,1-2H3,(H,12,13). The average Bonchev–Trinajstić information content (AvgIpc) is 2.16. The number of carboxylic acids is 1. The fraction of sp³-hybridized carbons (Fsp3) is 0.300. The van der Waals surface area contributed by atoms with E-state index in [1.54, 1.807) is 13.0 Å². The molecule has 0 aliphatic heterocycles. The van der Waals surface area contributed by atoms with Crippen LogP contribution in [0.5, 0.6) is 0 Å². The maximum absolute atomic E-state index is 10.8. The lowest BCUT2D eigenvalue weighted by molar-refractivity contribution is -0.384. The Morgan fingerprint density at radius 1 is 1.53 bits per heavy atom. The van der Waals surface area contributed by atoms with E-state index in [9.17, 15) is 14.9 Å². The van der Waals surface area contributed by atoms with Crippen molar-refractivity contribution < 1.29 is 14.8 Å². The van der Waals surface area contributed by atoms with Crippen LogP contribution in [0.2, 0.25) is 0 Å². The zero-order valence-corrected chi connectivity index (χ0v) is 8.43. The van der Waals surface area contributed by atoms with Crippen LogP contribution in [0.3, 0.4) is 0 Å². The summed E-state index contributed by atoms with van der Waals surface area (Å²) in [4.78, 5) is 20.7. The molecule has 15 heavy (non-hydrogen) atoms. The molecule has 0 amide bonds. The second kappa shape index (κ2) is 4.08. The van der Waals surface area contributed by atoms with Gasteiger partial charge in [-0.2, -0.15) is 0 Å². The van der Waals surface area contributed by atoms with Gasteiger partial charge in [0.2, 0.25) is 0 Å². The molecule has 0 fully saturated rings. The zero-order valence-electron chi connectivity index (χ0n) is 8.43. The van der Waals surface area contributed by atoms with E-state index in [1.807, 2.05) is 0 Å². The molecular formula is C10H11NO4. The van der Waals surface area contributed by atoms with Gasteiger partial charge in [0.1, 0.15) is 0 Å². The number of carbonyl (C=O) groups is 1. The summed E-state index contributed by atoms with van der Waals surface area (Å²) in [6.07, 6.45) is 0. The molecule has 0 aromatic heterocycles. The molecule has 0 saturated heterocycles. The smallest absolute Gasteiger partial charge is 0.310 e. The molecule has 1 atom stereocenters. The van der Waals surface area contributed by atoms with Gasteiger partial charge in [-0.3, -0.25) is 14.9 Å². The largest absolute Gasteiger partial charge is 0.481 e. The molecule has 0 spiro atoms. The van der Waals surface area contributed by atoms with Gasteiger partial charge < -0.3 is 5.11 Å². The summed E-state index contributed by atoms with van der Waals surface area (Å²) < 4.78 is 0. The first-order valence-corrected chi connectivity index (χ1v) is 4.41. The molecule has 0 saturated carbocycles. The highest BCUT2D eigenvalue weighted by Gasteiger charge is 2.18. The minimum atomic E-state index is -0.987. The highest BCUT2D eigenvalue weighted by atomic mass is 16.6. The van der Waals surface area contributed by atoms with Crippen molar-refractivity contribution in [2.45, 2.75) is 19.8 Å². The van der Waals surface area contributed by atoms with E-state index in [-0.39, 0.29) is 5.69 Å². The van der Waals surface area contributed by atoms with Gasteiger partial charge in [0.25, 0.3) is 5.69 Å². The third kappa shape index (κ3) is 2.31. The lowest BCUT2D eigenvalue weighted by Crippen LogP contribution is -2.09. The number of nitro benzene ring substituents is 1. The van der Waals surface area contributed by atoms with Crippen molar-refractivity contribution >= 4 is 11.7 Å². The van der Waals surface area contributed by atoms with E-state index < -0.39 is 16.8 Å². The van der Waals surface area contributed by atoms with E-state index >= 15 is 0 Å². The molecular weight excluding hydrogens is 198 g/mol. The maximum Gasteiger partial charge on any atom is 0.310 e. The summed E-state index contributed by atoms with van der Waals surface area (Å²) in [6, 6.07) is 4.24. The summed E-state index contributed by atoms with van der Waals surface area (Å²) in [7, 11) is 0. The van der Waals surface area contributed by atoms with Crippen LogP contribution >= 0.6 is 0 Å². The summed E-state index contributed by atoms with van der Waals surface area (Å²) >= 11 is 0. The van der Waals surface area contributed by atoms with Crippen LogP contribution in [0.4, 0.5) is 5.69 Å². The highest BCUT2D eigenvalue weighted by molar-refractivity contribution is 5.76. The van der Waals surface area contributed by atoms with Gasteiger partial charge in [-0.1, -0.05) is 6.07 Å². The zero-order chi connectivity index (χ0) is 11.6. The van der Waals surface area contributed by atoms with Crippen LogP contribution in [0.25, 0.3) is 0 Å². The first-order valence-electron chi connectivity index (χ1n) is 4.41. The molecule has 1 N–H and O–H groups in total. The monoisotopic (exact) mass is 209 g/mol. The van der Waals surface area contributed by atoms with Crippen molar-refractivity contribution in [3.63, 3.8) is 0 Å². The third-order valence-electron chi connectivity index (χ3n) is 2.31. The molecule has 0 heterocycles. The lowest BCUT2D eigenvalue weighted by Gasteiger charge is -2.09. The SMILES string of the molecule is Cc1ccc([N+](=O)[O-])cc1C(C)C(=O)O. The summed E-state index contributed by atoms with van der Waals surface area (Å²) in [5.41, 5.74) is 1.15. The van der Waals surface area contributed by atoms with E-state index in [4.69, 9.17) is 5.11 Å². The summed E-state index contributed by atoms with van der Waals surface area (Å²) in [5.74, 6) is -1.72. The van der Waals surface area contributed by atoms with Gasteiger partial charge in [-0.15, -0.1) is 0 Å². The van der Waals surface area contributed by atoms with Gasteiger partial charge in [0, 0.05) is 12.1 Å². The number of nitro groups is 1. The second-order valence-electron chi connectivity index (χ2n) is 3.36. The number of benzene rings is 1. The Balaban J connectivity index is 3.22. The number of rotatable bonds is 3. The van der Waals surface area contributed by atoms with Gasteiger partial charge in [-0.25, -0.2) is 0 Å².